The minimum atomic E-state index is -4.09. The summed E-state index contributed by atoms with van der Waals surface area (Å²) in [6.07, 6.45) is 14.7. The average molecular weight is 448 g/mol. The molecule has 1 heterocycles. The largest absolute Gasteiger partial charge is 0.472 e. The van der Waals surface area contributed by atoms with E-state index in [1.54, 1.807) is 4.90 Å². The summed E-state index contributed by atoms with van der Waals surface area (Å²) in [5, 5.41) is 0. The van der Waals surface area contributed by atoms with Crippen molar-refractivity contribution in [2.75, 3.05) is 47.4 Å². The monoisotopic (exact) mass is 447 g/mol. The summed E-state index contributed by atoms with van der Waals surface area (Å²) in [6.45, 7) is 3.68. The molecule has 2 atom stereocenters. The number of phosphoric acid groups is 1. The van der Waals surface area contributed by atoms with Gasteiger partial charge in [0.05, 0.1) is 33.8 Å². The Morgan fingerprint density at radius 1 is 1.13 bits per heavy atom. The van der Waals surface area contributed by atoms with E-state index in [4.69, 9.17) is 9.05 Å². The van der Waals surface area contributed by atoms with Gasteiger partial charge in [-0.25, -0.2) is 4.57 Å². The number of unbranched alkanes of at least 4 members (excludes halogenated alkanes) is 6. The van der Waals surface area contributed by atoms with Crippen molar-refractivity contribution in [1.29, 1.82) is 0 Å². The summed E-state index contributed by atoms with van der Waals surface area (Å²) in [4.78, 5) is 24.2. The van der Waals surface area contributed by atoms with E-state index in [2.05, 4.69) is 13.0 Å². The molecule has 176 valence electrons. The summed E-state index contributed by atoms with van der Waals surface area (Å²) < 4.78 is 22.9. The normalized spacial score (nSPS) is 19.5. The van der Waals surface area contributed by atoms with Gasteiger partial charge in [0.2, 0.25) is 5.91 Å². The number of hydrogen-bond donors (Lipinski definition) is 1. The quantitative estimate of drug-likeness (QED) is 0.163. The van der Waals surface area contributed by atoms with Crippen LogP contribution in [0.15, 0.2) is 12.2 Å². The lowest BCUT2D eigenvalue weighted by atomic mass is 10.1. The van der Waals surface area contributed by atoms with Crippen molar-refractivity contribution in [2.24, 2.45) is 0 Å². The van der Waals surface area contributed by atoms with Gasteiger partial charge in [0.25, 0.3) is 0 Å². The van der Waals surface area contributed by atoms with E-state index < -0.39 is 7.82 Å². The highest BCUT2D eigenvalue weighted by Gasteiger charge is 2.31. The van der Waals surface area contributed by atoms with E-state index >= 15 is 0 Å². The molecule has 1 saturated heterocycles. The van der Waals surface area contributed by atoms with Crippen LogP contribution in [0.2, 0.25) is 0 Å². The molecule has 0 spiro atoms. The molecular formula is C22H44N2O5P+. The average Bonchev–Trinajstić information content (AvgIpc) is 3.12. The Bertz CT molecular complexity index is 562. The highest BCUT2D eigenvalue weighted by atomic mass is 31.2. The van der Waals surface area contributed by atoms with E-state index in [1.165, 1.54) is 38.5 Å². The number of likely N-dealkylation sites (N-methyl/N-ethyl adjacent to an activating group) is 1. The van der Waals surface area contributed by atoms with Crippen LogP contribution in [0.1, 0.15) is 71.1 Å². The number of quaternary nitrogens is 1. The topological polar surface area (TPSA) is 76.1 Å². The third-order valence-electron chi connectivity index (χ3n) is 5.33. The molecule has 0 saturated carbocycles. The molecular weight excluding hydrogens is 403 g/mol. The van der Waals surface area contributed by atoms with Crippen molar-refractivity contribution < 1.29 is 27.8 Å². The molecule has 1 fully saturated rings. The molecule has 1 N–H and O–H groups in total. The second-order valence-electron chi connectivity index (χ2n) is 9.23. The zero-order chi connectivity index (χ0) is 22.5. The maximum absolute atomic E-state index is 12.5. The predicted molar refractivity (Wildman–Crippen MR) is 121 cm³/mol. The Morgan fingerprint density at radius 2 is 1.83 bits per heavy atom. The molecule has 1 unspecified atom stereocenters. The molecule has 7 nitrogen and oxygen atoms in total. The third kappa shape index (κ3) is 12.9. The number of likely N-dealkylation sites (tertiary alicyclic amines) is 1. The van der Waals surface area contributed by atoms with Gasteiger partial charge in [0, 0.05) is 13.0 Å². The van der Waals surface area contributed by atoms with Crippen molar-refractivity contribution in [3.63, 3.8) is 0 Å². The number of hydrogen-bond acceptors (Lipinski definition) is 4. The summed E-state index contributed by atoms with van der Waals surface area (Å²) in [5.41, 5.74) is 0. The highest BCUT2D eigenvalue weighted by molar-refractivity contribution is 7.47. The molecule has 0 aromatic carbocycles. The van der Waals surface area contributed by atoms with Gasteiger partial charge in [-0.15, -0.1) is 0 Å². The second-order valence-corrected chi connectivity index (χ2v) is 10.7. The molecule has 1 amide bonds. The zero-order valence-corrected chi connectivity index (χ0v) is 20.4. The summed E-state index contributed by atoms with van der Waals surface area (Å²) in [6, 6.07) is -0.160. The lowest BCUT2D eigenvalue weighted by Crippen LogP contribution is -2.38. The molecule has 0 aliphatic carbocycles. The van der Waals surface area contributed by atoms with Crippen LogP contribution in [0.5, 0.6) is 0 Å². The van der Waals surface area contributed by atoms with Crippen LogP contribution in [0.3, 0.4) is 0 Å². The Labute approximate surface area is 183 Å². The fourth-order valence-electron chi connectivity index (χ4n) is 3.45. The molecule has 1 rings (SSSR count). The lowest BCUT2D eigenvalue weighted by Gasteiger charge is -2.26. The van der Waals surface area contributed by atoms with Crippen LogP contribution < -0.4 is 0 Å². The summed E-state index contributed by atoms with van der Waals surface area (Å²) in [7, 11) is 1.85. The van der Waals surface area contributed by atoms with E-state index in [0.717, 1.165) is 19.3 Å². The summed E-state index contributed by atoms with van der Waals surface area (Å²) in [5.74, 6) is 0.0546. The minimum absolute atomic E-state index is 0.0331. The van der Waals surface area contributed by atoms with E-state index in [1.807, 2.05) is 27.2 Å². The number of phosphoric ester groups is 1. The van der Waals surface area contributed by atoms with Crippen molar-refractivity contribution in [3.8, 4) is 0 Å². The number of carbonyl (C=O) groups excluding carboxylic acids is 1. The summed E-state index contributed by atoms with van der Waals surface area (Å²) >= 11 is 0. The van der Waals surface area contributed by atoms with Crippen LogP contribution in [0.4, 0.5) is 0 Å². The number of rotatable bonds is 16. The maximum Gasteiger partial charge on any atom is 0.472 e. The van der Waals surface area contributed by atoms with Crippen LogP contribution in [-0.2, 0) is 18.4 Å². The van der Waals surface area contributed by atoms with Crippen molar-refractivity contribution in [2.45, 2.75) is 77.2 Å². The van der Waals surface area contributed by atoms with Crippen LogP contribution in [0.25, 0.3) is 0 Å². The SMILES string of the molecule is CCCCCCCC/C=C\CC(=O)N1CCC[C@@H]1COP(=O)(O)OCC[N+](C)(C)C. The first-order valence-electron chi connectivity index (χ1n) is 11.5. The van der Waals surface area contributed by atoms with Crippen LogP contribution in [0, 0.1) is 0 Å². The zero-order valence-electron chi connectivity index (χ0n) is 19.6. The second kappa shape index (κ2) is 14.4. The number of allylic oxidation sites excluding steroid dienone is 1. The first-order valence-corrected chi connectivity index (χ1v) is 13.0. The standard InChI is InChI=1S/C22H43N2O5P/c1-5-6-7-8-9-10-11-12-13-16-22(25)23-17-14-15-21(23)20-29-30(26,27)28-19-18-24(2,3)4/h12-13,21H,5-11,14-20H2,1-4H3/p+1/b13-12-/t21-/m1/s1. The van der Waals surface area contributed by atoms with Gasteiger partial charge in [-0.2, -0.15) is 0 Å². The number of amides is 1. The van der Waals surface area contributed by atoms with Crippen LogP contribution in [-0.4, -0.2) is 73.7 Å². The Hall–Kier alpha value is -0.720. The first-order chi connectivity index (χ1) is 14.1. The molecule has 0 radical (unpaired) electrons. The fourth-order valence-corrected chi connectivity index (χ4v) is 4.19. The maximum atomic E-state index is 12.5. The van der Waals surface area contributed by atoms with Gasteiger partial charge in [-0.05, 0) is 25.7 Å². The first kappa shape index (κ1) is 27.3. The molecule has 0 bridgehead atoms. The fraction of sp³-hybridized carbons (Fsp3) is 0.864. The van der Waals surface area contributed by atoms with Gasteiger partial charge in [-0.1, -0.05) is 51.2 Å². The molecule has 0 aromatic heterocycles. The smallest absolute Gasteiger partial charge is 0.337 e. The third-order valence-corrected chi connectivity index (χ3v) is 6.31. The number of nitrogens with zero attached hydrogens (tertiary/aromatic N) is 2. The Kier molecular flexibility index (Phi) is 13.1. The lowest BCUT2D eigenvalue weighted by molar-refractivity contribution is -0.870. The molecule has 8 heteroatoms. The van der Waals surface area contributed by atoms with Gasteiger partial charge >= 0.3 is 7.82 Å². The molecule has 1 aliphatic rings. The van der Waals surface area contributed by atoms with Crippen LogP contribution >= 0.6 is 7.82 Å². The molecule has 0 aromatic rings. The molecule has 30 heavy (non-hydrogen) atoms. The van der Waals surface area contributed by atoms with Gasteiger partial charge < -0.3 is 14.3 Å². The van der Waals surface area contributed by atoms with Crippen molar-refractivity contribution in [1.82, 2.24) is 4.90 Å². The minimum Gasteiger partial charge on any atom is -0.337 e. The van der Waals surface area contributed by atoms with Crippen molar-refractivity contribution >= 4 is 13.7 Å². The predicted octanol–water partition coefficient (Wildman–Crippen LogP) is 4.51. The van der Waals surface area contributed by atoms with E-state index in [0.29, 0.717) is 24.0 Å². The Balaban J connectivity index is 2.28. The van der Waals surface area contributed by atoms with E-state index in [9.17, 15) is 14.3 Å². The number of carbonyl (C=O) groups is 1. The van der Waals surface area contributed by atoms with Gasteiger partial charge in [0.15, 0.2) is 0 Å². The van der Waals surface area contributed by atoms with E-state index in [-0.39, 0.29) is 25.2 Å². The van der Waals surface area contributed by atoms with Crippen molar-refractivity contribution in [3.05, 3.63) is 12.2 Å². The molecule has 1 aliphatic heterocycles. The van der Waals surface area contributed by atoms with Gasteiger partial charge in [0.1, 0.15) is 13.2 Å². The van der Waals surface area contributed by atoms with Gasteiger partial charge in [-0.3, -0.25) is 13.8 Å². The Morgan fingerprint density at radius 3 is 2.53 bits per heavy atom. The highest BCUT2D eigenvalue weighted by Crippen LogP contribution is 2.43.